The lowest BCUT2D eigenvalue weighted by atomic mass is 10.2. The SMILES string of the molecule is COc1ccc(C)c(O)c1N. The number of phenolic OH excluding ortho intramolecular Hbond substituents is 1. The summed E-state index contributed by atoms with van der Waals surface area (Å²) >= 11 is 0. The minimum atomic E-state index is 0.101. The van der Waals surface area contributed by atoms with E-state index in [2.05, 4.69) is 0 Å². The molecular weight excluding hydrogens is 142 g/mol. The normalized spacial score (nSPS) is 9.64. The molecule has 0 aliphatic carbocycles. The van der Waals surface area contributed by atoms with Crippen LogP contribution < -0.4 is 10.5 Å². The molecule has 0 heterocycles. The zero-order valence-electron chi connectivity index (χ0n) is 6.59. The second-order valence-electron chi connectivity index (χ2n) is 2.35. The van der Waals surface area contributed by atoms with Crippen molar-refractivity contribution in [3.05, 3.63) is 17.7 Å². The van der Waals surface area contributed by atoms with E-state index in [0.717, 1.165) is 5.56 Å². The van der Waals surface area contributed by atoms with Crippen LogP contribution in [0.5, 0.6) is 11.5 Å². The largest absolute Gasteiger partial charge is 0.505 e. The summed E-state index contributed by atoms with van der Waals surface area (Å²) in [6.45, 7) is 1.78. The number of phenols is 1. The Morgan fingerprint density at radius 3 is 2.64 bits per heavy atom. The third-order valence-electron chi connectivity index (χ3n) is 1.60. The number of benzene rings is 1. The minimum absolute atomic E-state index is 0.101. The number of anilines is 1. The molecule has 0 saturated heterocycles. The molecule has 0 aromatic heterocycles. The van der Waals surface area contributed by atoms with Gasteiger partial charge in [-0.05, 0) is 18.6 Å². The van der Waals surface area contributed by atoms with Crippen LogP contribution >= 0.6 is 0 Å². The maximum atomic E-state index is 9.31. The molecule has 0 amide bonds. The van der Waals surface area contributed by atoms with Gasteiger partial charge in [-0.25, -0.2) is 0 Å². The molecule has 0 saturated carbocycles. The molecule has 1 aromatic carbocycles. The van der Waals surface area contributed by atoms with E-state index in [4.69, 9.17) is 10.5 Å². The van der Waals surface area contributed by atoms with Crippen molar-refractivity contribution >= 4 is 5.69 Å². The number of nitrogen functional groups attached to an aromatic ring is 1. The van der Waals surface area contributed by atoms with Gasteiger partial charge in [0.15, 0.2) is 0 Å². The van der Waals surface area contributed by atoms with E-state index in [1.807, 2.05) is 0 Å². The van der Waals surface area contributed by atoms with Crippen LogP contribution in [0.3, 0.4) is 0 Å². The van der Waals surface area contributed by atoms with Crippen molar-refractivity contribution < 1.29 is 9.84 Å². The number of rotatable bonds is 1. The van der Waals surface area contributed by atoms with Gasteiger partial charge in [0.1, 0.15) is 17.2 Å². The molecule has 60 valence electrons. The molecule has 3 N–H and O–H groups in total. The number of aryl methyl sites for hydroxylation is 1. The standard InChI is InChI=1S/C8H11NO2/c1-5-3-4-6(11-2)7(9)8(5)10/h3-4,10H,9H2,1-2H3. The summed E-state index contributed by atoms with van der Waals surface area (Å²) in [5.41, 5.74) is 6.57. The van der Waals surface area contributed by atoms with Crippen LogP contribution in [0.4, 0.5) is 5.69 Å². The van der Waals surface area contributed by atoms with Gasteiger partial charge < -0.3 is 15.6 Å². The lowest BCUT2D eigenvalue weighted by Crippen LogP contribution is -1.93. The molecule has 0 atom stereocenters. The molecule has 1 aromatic rings. The smallest absolute Gasteiger partial charge is 0.145 e. The summed E-state index contributed by atoms with van der Waals surface area (Å²) in [5.74, 6) is 0.609. The van der Waals surface area contributed by atoms with Gasteiger partial charge in [0, 0.05) is 0 Å². The van der Waals surface area contributed by atoms with Gasteiger partial charge >= 0.3 is 0 Å². The summed E-state index contributed by atoms with van der Waals surface area (Å²) in [7, 11) is 1.51. The summed E-state index contributed by atoms with van der Waals surface area (Å²) in [5, 5.41) is 9.31. The van der Waals surface area contributed by atoms with Gasteiger partial charge in [-0.2, -0.15) is 0 Å². The van der Waals surface area contributed by atoms with Crippen LogP contribution in [-0.2, 0) is 0 Å². The van der Waals surface area contributed by atoms with E-state index in [1.165, 1.54) is 7.11 Å². The molecule has 0 radical (unpaired) electrons. The average Bonchev–Trinajstić information content (AvgIpc) is 2.01. The van der Waals surface area contributed by atoms with Gasteiger partial charge in [-0.1, -0.05) is 6.07 Å². The fraction of sp³-hybridized carbons (Fsp3) is 0.250. The summed E-state index contributed by atoms with van der Waals surface area (Å²) in [6, 6.07) is 3.48. The lowest BCUT2D eigenvalue weighted by Gasteiger charge is -2.07. The number of ether oxygens (including phenoxy) is 1. The summed E-state index contributed by atoms with van der Waals surface area (Å²) in [6.07, 6.45) is 0. The topological polar surface area (TPSA) is 55.5 Å². The Morgan fingerprint density at radius 1 is 1.45 bits per heavy atom. The Bertz CT molecular complexity index is 271. The van der Waals surface area contributed by atoms with Crippen molar-refractivity contribution in [1.82, 2.24) is 0 Å². The van der Waals surface area contributed by atoms with Gasteiger partial charge in [-0.3, -0.25) is 0 Å². The molecule has 0 fully saturated rings. The molecule has 1 rings (SSSR count). The molecule has 0 spiro atoms. The van der Waals surface area contributed by atoms with E-state index in [9.17, 15) is 5.11 Å². The zero-order valence-corrected chi connectivity index (χ0v) is 6.59. The van der Waals surface area contributed by atoms with E-state index in [1.54, 1.807) is 19.1 Å². The molecule has 0 bridgehead atoms. The fourth-order valence-corrected chi connectivity index (χ4v) is 0.877. The van der Waals surface area contributed by atoms with Crippen LogP contribution in [0.25, 0.3) is 0 Å². The van der Waals surface area contributed by atoms with Crippen LogP contribution in [0.2, 0.25) is 0 Å². The number of hydrogen-bond acceptors (Lipinski definition) is 3. The highest BCUT2D eigenvalue weighted by atomic mass is 16.5. The quantitative estimate of drug-likeness (QED) is 0.472. The Balaban J connectivity index is 3.25. The summed E-state index contributed by atoms with van der Waals surface area (Å²) in [4.78, 5) is 0. The highest BCUT2D eigenvalue weighted by molar-refractivity contribution is 5.64. The maximum absolute atomic E-state index is 9.31. The summed E-state index contributed by atoms with van der Waals surface area (Å²) < 4.78 is 4.90. The number of hydrogen-bond donors (Lipinski definition) is 2. The molecule has 3 nitrogen and oxygen atoms in total. The first-order valence-corrected chi connectivity index (χ1v) is 3.29. The zero-order chi connectivity index (χ0) is 8.43. The molecule has 0 unspecified atom stereocenters. The van der Waals surface area contributed by atoms with Crippen LogP contribution in [0.15, 0.2) is 12.1 Å². The van der Waals surface area contributed by atoms with Crippen molar-refractivity contribution in [2.45, 2.75) is 6.92 Å². The van der Waals surface area contributed by atoms with Crippen LogP contribution in [-0.4, -0.2) is 12.2 Å². The Hall–Kier alpha value is -1.38. The van der Waals surface area contributed by atoms with Crippen molar-refractivity contribution in [3.63, 3.8) is 0 Å². The molecular formula is C8H11NO2. The van der Waals surface area contributed by atoms with Crippen molar-refractivity contribution in [1.29, 1.82) is 0 Å². The number of nitrogens with two attached hydrogens (primary N) is 1. The van der Waals surface area contributed by atoms with Crippen LogP contribution in [0.1, 0.15) is 5.56 Å². The highest BCUT2D eigenvalue weighted by Gasteiger charge is 2.05. The molecule has 3 heteroatoms. The van der Waals surface area contributed by atoms with Crippen molar-refractivity contribution in [3.8, 4) is 11.5 Å². The molecule has 11 heavy (non-hydrogen) atoms. The number of aromatic hydroxyl groups is 1. The van der Waals surface area contributed by atoms with Gasteiger partial charge in [-0.15, -0.1) is 0 Å². The second kappa shape index (κ2) is 2.70. The van der Waals surface area contributed by atoms with E-state index in [0.29, 0.717) is 11.4 Å². The highest BCUT2D eigenvalue weighted by Crippen LogP contribution is 2.32. The molecule has 0 aliphatic rings. The Labute approximate surface area is 65.4 Å². The van der Waals surface area contributed by atoms with Gasteiger partial charge in [0.2, 0.25) is 0 Å². The van der Waals surface area contributed by atoms with Gasteiger partial charge in [0.25, 0.3) is 0 Å². The van der Waals surface area contributed by atoms with Gasteiger partial charge in [0.05, 0.1) is 7.11 Å². The van der Waals surface area contributed by atoms with Crippen molar-refractivity contribution in [2.75, 3.05) is 12.8 Å². The monoisotopic (exact) mass is 153 g/mol. The minimum Gasteiger partial charge on any atom is -0.505 e. The van der Waals surface area contributed by atoms with Crippen LogP contribution in [0, 0.1) is 6.92 Å². The molecule has 0 aliphatic heterocycles. The predicted octanol–water partition coefficient (Wildman–Crippen LogP) is 1.29. The second-order valence-corrected chi connectivity index (χ2v) is 2.35. The van der Waals surface area contributed by atoms with E-state index >= 15 is 0 Å². The first-order valence-electron chi connectivity index (χ1n) is 3.29. The first kappa shape index (κ1) is 7.72. The number of methoxy groups -OCH3 is 1. The van der Waals surface area contributed by atoms with E-state index < -0.39 is 0 Å². The average molecular weight is 153 g/mol. The van der Waals surface area contributed by atoms with E-state index in [-0.39, 0.29) is 5.75 Å². The predicted molar refractivity (Wildman–Crippen MR) is 43.8 cm³/mol. The first-order chi connectivity index (χ1) is 5.16. The lowest BCUT2D eigenvalue weighted by molar-refractivity contribution is 0.410. The maximum Gasteiger partial charge on any atom is 0.145 e. The van der Waals surface area contributed by atoms with Crippen molar-refractivity contribution in [2.24, 2.45) is 0 Å². The Morgan fingerprint density at radius 2 is 2.09 bits per heavy atom. The third kappa shape index (κ3) is 1.22. The fourth-order valence-electron chi connectivity index (χ4n) is 0.877. The Kier molecular flexibility index (Phi) is 1.89. The third-order valence-corrected chi connectivity index (χ3v) is 1.60.